The minimum Gasteiger partial charge on any atom is -0.505 e. The second-order valence-electron chi connectivity index (χ2n) is 11.8. The van der Waals surface area contributed by atoms with Gasteiger partial charge in [0.05, 0.1) is 9.79 Å². The molecular weight excluding hydrogens is 832 g/mol. The van der Waals surface area contributed by atoms with Gasteiger partial charge in [0, 0.05) is 37.6 Å². The minimum absolute atomic E-state index is 0. The van der Waals surface area contributed by atoms with E-state index >= 15 is 0 Å². The first-order chi connectivity index (χ1) is 26.4. The van der Waals surface area contributed by atoms with E-state index in [2.05, 4.69) is 20.6 Å². The number of hydrogen-bond acceptors (Lipinski definition) is 10. The van der Waals surface area contributed by atoms with Crippen LogP contribution in [0.3, 0.4) is 0 Å². The summed E-state index contributed by atoms with van der Waals surface area (Å²) in [6.45, 7) is 0. The van der Waals surface area contributed by atoms with E-state index in [9.17, 15) is 36.6 Å². The number of likely N-dealkylation sites (N-methyl/N-ethyl adjacent to an activating group) is 2. The number of anilines is 2. The smallest absolute Gasteiger partial charge is 0.505 e. The Morgan fingerprint density at radius 3 is 1.18 bits per heavy atom. The van der Waals surface area contributed by atoms with Crippen LogP contribution in [0.5, 0.6) is 0 Å². The normalized spacial score (nSPS) is 14.1. The van der Waals surface area contributed by atoms with Gasteiger partial charge in [-0.3, -0.25) is 18.2 Å². The van der Waals surface area contributed by atoms with E-state index < -0.39 is 43.4 Å². The molecule has 0 fully saturated rings. The summed E-state index contributed by atoms with van der Waals surface area (Å²) in [5.41, 5.74) is -0.516. The van der Waals surface area contributed by atoms with Gasteiger partial charge >= 0.3 is 29.9 Å². The molecule has 57 heavy (non-hydrogen) atoms. The number of hydrogen-bond donors (Lipinski definition) is 6. The number of carbonyl (C=O) groups excluding carboxylic acids is 2. The van der Waals surface area contributed by atoms with Crippen molar-refractivity contribution in [3.63, 3.8) is 0 Å². The molecule has 0 spiro atoms. The number of fused-ring (bicyclic) bond motifs is 2. The SMILES string of the molecule is CN1C(C(=O)Nc2ccccn2)=C(O)c2ccccc2S1(=O)=O.CN1C(C(=O)Nc2ccccn2)=C(O)c2ccccc2S1(=O)=O.C[N+](C)=CO.C[N+](C)=CO.[Cu+2]. The Kier molecular flexibility index (Phi) is 16.9. The maximum absolute atomic E-state index is 12.5. The molecule has 6 rings (SSSR count). The Balaban J connectivity index is 0.000000314. The van der Waals surface area contributed by atoms with Crippen molar-refractivity contribution in [3.05, 3.63) is 120 Å². The molecule has 2 aliphatic heterocycles. The molecule has 2 aliphatic rings. The van der Waals surface area contributed by atoms with Crippen LogP contribution in [0.25, 0.3) is 11.5 Å². The zero-order chi connectivity index (χ0) is 41.8. The van der Waals surface area contributed by atoms with Crippen molar-refractivity contribution in [2.75, 3.05) is 52.9 Å². The third-order valence-electron chi connectivity index (χ3n) is 7.34. The van der Waals surface area contributed by atoms with Gasteiger partial charge in [-0.15, -0.1) is 0 Å². The number of nitrogens with zero attached hydrogens (tertiary/aromatic N) is 6. The largest absolute Gasteiger partial charge is 2.00 e. The molecule has 2 aromatic heterocycles. The molecule has 18 nitrogen and oxygen atoms in total. The van der Waals surface area contributed by atoms with Crippen LogP contribution in [-0.2, 0) is 46.7 Å². The molecule has 0 saturated heterocycles. The topological polar surface area (TPSA) is 246 Å². The van der Waals surface area contributed by atoms with Gasteiger partial charge in [0.1, 0.15) is 39.8 Å². The van der Waals surface area contributed by atoms with E-state index in [1.165, 1.54) is 50.8 Å². The third-order valence-corrected chi connectivity index (χ3v) is 11.0. The second kappa shape index (κ2) is 20.6. The van der Waals surface area contributed by atoms with Crippen molar-refractivity contribution < 1.29 is 73.1 Å². The second-order valence-corrected chi connectivity index (χ2v) is 15.7. The average Bonchev–Trinajstić information content (AvgIpc) is 3.18. The van der Waals surface area contributed by atoms with E-state index in [0.29, 0.717) is 0 Å². The zero-order valence-electron chi connectivity index (χ0n) is 31.4. The number of pyridine rings is 2. The standard InChI is InChI=1S/2C15H13N3O4S.2C3H7NO.Cu/c2*1-18-13(15(20)17-12-8-4-5-9-16-12)14(19)10-6-2-3-7-11(10)23(18,21)22;2*1-4(2)3-5;/h2*2-9,19H,1H3,(H,16,17,20);2*3H,1-2H3;/q;;;;+2/p+2. The Morgan fingerprint density at radius 2 is 0.895 bits per heavy atom. The van der Waals surface area contributed by atoms with Gasteiger partial charge in [-0.05, 0) is 48.5 Å². The summed E-state index contributed by atoms with van der Waals surface area (Å²) in [7, 11) is 1.62. The quantitative estimate of drug-likeness (QED) is 0.0751. The maximum atomic E-state index is 12.5. The van der Waals surface area contributed by atoms with Crippen LogP contribution in [0, 0.1) is 0 Å². The number of nitrogens with one attached hydrogen (secondary N) is 2. The minimum atomic E-state index is -3.91. The number of amides is 2. The number of aromatic nitrogens is 2. The van der Waals surface area contributed by atoms with E-state index in [4.69, 9.17) is 10.2 Å². The van der Waals surface area contributed by atoms with Crippen LogP contribution in [0.1, 0.15) is 11.1 Å². The van der Waals surface area contributed by atoms with Crippen molar-refractivity contribution in [2.24, 2.45) is 0 Å². The van der Waals surface area contributed by atoms with Gasteiger partial charge < -0.3 is 31.1 Å². The molecule has 4 aromatic rings. The molecule has 2 aromatic carbocycles. The number of rotatable bonds is 4. The van der Waals surface area contributed by atoms with Gasteiger partial charge in [-0.25, -0.2) is 36.0 Å². The molecule has 0 saturated carbocycles. The van der Waals surface area contributed by atoms with Crippen molar-refractivity contribution in [1.82, 2.24) is 18.6 Å². The van der Waals surface area contributed by atoms with Crippen molar-refractivity contribution in [2.45, 2.75) is 9.79 Å². The molecule has 6 N–H and O–H groups in total. The Labute approximate surface area is 340 Å². The van der Waals surface area contributed by atoms with Crippen LogP contribution < -0.4 is 10.6 Å². The van der Waals surface area contributed by atoms with Gasteiger partial charge in [-0.2, -0.15) is 0 Å². The maximum Gasteiger partial charge on any atom is 2.00 e. The van der Waals surface area contributed by atoms with Crippen molar-refractivity contribution in [3.8, 4) is 0 Å². The summed E-state index contributed by atoms with van der Waals surface area (Å²) in [5.74, 6) is -1.81. The van der Waals surface area contributed by atoms with Gasteiger partial charge in [-0.1, -0.05) is 36.4 Å². The molecule has 305 valence electrons. The van der Waals surface area contributed by atoms with E-state index in [1.54, 1.807) is 98.0 Å². The fourth-order valence-electron chi connectivity index (χ4n) is 4.59. The summed E-state index contributed by atoms with van der Waals surface area (Å²) in [6.07, 6.45) is 4.97. The van der Waals surface area contributed by atoms with Crippen LogP contribution in [0.2, 0.25) is 0 Å². The molecular formula is C36H42CuN8O10S2+4. The predicted octanol–water partition coefficient (Wildman–Crippen LogP) is 2.85. The number of aliphatic hydroxyl groups excluding tert-OH is 4. The summed E-state index contributed by atoms with van der Waals surface area (Å²) in [6, 6.07) is 21.8. The number of sulfonamides is 2. The van der Waals surface area contributed by atoms with Gasteiger partial charge in [0.2, 0.25) is 0 Å². The molecule has 0 bridgehead atoms. The fraction of sp³-hybridized carbons (Fsp3) is 0.167. The first-order valence-corrected chi connectivity index (χ1v) is 19.0. The summed E-state index contributed by atoms with van der Waals surface area (Å²) < 4.78 is 54.7. The van der Waals surface area contributed by atoms with Crippen molar-refractivity contribution >= 4 is 67.8 Å². The number of carbonyl (C=O) groups is 2. The van der Waals surface area contributed by atoms with Crippen LogP contribution in [0.15, 0.2) is 119 Å². The summed E-state index contributed by atoms with van der Waals surface area (Å²) in [5, 5.41) is 41.6. The van der Waals surface area contributed by atoms with Crippen LogP contribution >= 0.6 is 0 Å². The third kappa shape index (κ3) is 11.4. The molecule has 2 amide bonds. The predicted molar refractivity (Wildman–Crippen MR) is 209 cm³/mol. The van der Waals surface area contributed by atoms with Gasteiger partial charge in [0.25, 0.3) is 31.9 Å². The molecule has 21 heteroatoms. The van der Waals surface area contributed by atoms with Gasteiger partial charge in [0.15, 0.2) is 22.9 Å². The molecule has 0 aliphatic carbocycles. The monoisotopic (exact) mass is 873 g/mol. The fourth-order valence-corrected chi connectivity index (χ4v) is 7.38. The number of benzene rings is 2. The number of aliphatic hydroxyl groups is 4. The first kappa shape index (κ1) is 46.9. The summed E-state index contributed by atoms with van der Waals surface area (Å²) in [4.78, 5) is 32.6. The molecule has 0 unspecified atom stereocenters. The van der Waals surface area contributed by atoms with E-state index in [0.717, 1.165) is 21.4 Å². The van der Waals surface area contributed by atoms with Crippen LogP contribution in [-0.4, -0.2) is 132 Å². The molecule has 4 heterocycles. The van der Waals surface area contributed by atoms with Crippen LogP contribution in [0.4, 0.5) is 11.6 Å². The average molecular weight is 874 g/mol. The Hall–Kier alpha value is -6.28. The van der Waals surface area contributed by atoms with Crippen molar-refractivity contribution in [1.29, 1.82) is 0 Å². The first-order valence-electron chi connectivity index (χ1n) is 16.2. The zero-order valence-corrected chi connectivity index (χ0v) is 34.0. The molecule has 0 atom stereocenters. The Bertz CT molecular complexity index is 2230. The molecule has 1 radical (unpaired) electrons. The Morgan fingerprint density at radius 1 is 0.596 bits per heavy atom. The van der Waals surface area contributed by atoms with E-state index in [1.807, 2.05) is 0 Å². The summed E-state index contributed by atoms with van der Waals surface area (Å²) >= 11 is 0. The van der Waals surface area contributed by atoms with E-state index in [-0.39, 0.29) is 61.0 Å².